The smallest absolute Gasteiger partial charge is 0.118 e. The molecule has 0 amide bonds. The number of rotatable bonds is 3. The molecule has 2 rings (SSSR count). The van der Waals surface area contributed by atoms with Gasteiger partial charge in [0.25, 0.3) is 0 Å². The van der Waals surface area contributed by atoms with E-state index in [1.807, 2.05) is 35.9 Å². The van der Waals surface area contributed by atoms with Gasteiger partial charge in [-0.3, -0.25) is 4.68 Å². The van der Waals surface area contributed by atoms with E-state index in [0.717, 1.165) is 23.6 Å². The fourth-order valence-corrected chi connectivity index (χ4v) is 1.70. The van der Waals surface area contributed by atoms with Gasteiger partial charge in [0, 0.05) is 12.1 Å². The molecule has 0 aliphatic rings. The van der Waals surface area contributed by atoms with Crippen molar-refractivity contribution in [2.24, 2.45) is 0 Å². The second-order valence-corrected chi connectivity index (χ2v) is 3.49. The van der Waals surface area contributed by atoms with Crippen LogP contribution in [-0.2, 0) is 6.54 Å². The lowest BCUT2D eigenvalue weighted by Gasteiger charge is -2.07. The standard InChI is InChI=1S/C12H15N3O/c1-3-15-12(11(13)8-14-15)9-4-6-10(16-2)7-5-9/h4-8H,3,13H2,1-2H3. The van der Waals surface area contributed by atoms with Gasteiger partial charge >= 0.3 is 0 Å². The summed E-state index contributed by atoms with van der Waals surface area (Å²) in [5, 5.41) is 4.21. The predicted octanol–water partition coefficient (Wildman–Crippen LogP) is 2.16. The highest BCUT2D eigenvalue weighted by Gasteiger charge is 2.09. The van der Waals surface area contributed by atoms with Crippen LogP contribution in [0.4, 0.5) is 5.69 Å². The summed E-state index contributed by atoms with van der Waals surface area (Å²) in [4.78, 5) is 0. The first-order valence-electron chi connectivity index (χ1n) is 5.22. The Bertz CT molecular complexity index is 474. The number of benzene rings is 1. The number of methoxy groups -OCH3 is 1. The van der Waals surface area contributed by atoms with Gasteiger partial charge in [-0.25, -0.2) is 0 Å². The van der Waals surface area contributed by atoms with E-state index in [1.54, 1.807) is 13.3 Å². The Morgan fingerprint density at radius 2 is 2.00 bits per heavy atom. The van der Waals surface area contributed by atoms with Crippen LogP contribution in [0.15, 0.2) is 30.5 Å². The third kappa shape index (κ3) is 1.74. The zero-order valence-corrected chi connectivity index (χ0v) is 9.47. The normalized spacial score (nSPS) is 10.4. The van der Waals surface area contributed by atoms with Gasteiger partial charge < -0.3 is 10.5 Å². The molecule has 4 heteroatoms. The van der Waals surface area contributed by atoms with Crippen LogP contribution >= 0.6 is 0 Å². The molecule has 0 atom stereocenters. The highest BCUT2D eigenvalue weighted by Crippen LogP contribution is 2.27. The van der Waals surface area contributed by atoms with E-state index in [1.165, 1.54) is 0 Å². The number of ether oxygens (including phenoxy) is 1. The van der Waals surface area contributed by atoms with Crippen LogP contribution in [0.3, 0.4) is 0 Å². The molecule has 1 aromatic carbocycles. The summed E-state index contributed by atoms with van der Waals surface area (Å²) in [5.41, 5.74) is 8.62. The molecule has 0 spiro atoms. The maximum atomic E-state index is 5.90. The minimum Gasteiger partial charge on any atom is -0.497 e. The Labute approximate surface area is 94.6 Å². The van der Waals surface area contributed by atoms with E-state index >= 15 is 0 Å². The second kappa shape index (κ2) is 4.26. The molecule has 4 nitrogen and oxygen atoms in total. The van der Waals surface area contributed by atoms with Crippen LogP contribution < -0.4 is 10.5 Å². The largest absolute Gasteiger partial charge is 0.497 e. The van der Waals surface area contributed by atoms with Crippen molar-refractivity contribution in [2.45, 2.75) is 13.5 Å². The highest BCUT2D eigenvalue weighted by atomic mass is 16.5. The molecule has 2 N–H and O–H groups in total. The van der Waals surface area contributed by atoms with Crippen LogP contribution in [-0.4, -0.2) is 16.9 Å². The molecule has 0 aliphatic heterocycles. The van der Waals surface area contributed by atoms with Gasteiger partial charge in [-0.1, -0.05) is 0 Å². The molecule has 84 valence electrons. The van der Waals surface area contributed by atoms with Crippen molar-refractivity contribution in [3.8, 4) is 17.0 Å². The van der Waals surface area contributed by atoms with Crippen molar-refractivity contribution in [2.75, 3.05) is 12.8 Å². The van der Waals surface area contributed by atoms with Crippen molar-refractivity contribution >= 4 is 5.69 Å². The Morgan fingerprint density at radius 3 is 2.56 bits per heavy atom. The quantitative estimate of drug-likeness (QED) is 0.857. The fourth-order valence-electron chi connectivity index (χ4n) is 1.70. The van der Waals surface area contributed by atoms with E-state index in [4.69, 9.17) is 10.5 Å². The van der Waals surface area contributed by atoms with Gasteiger partial charge in [-0.2, -0.15) is 5.10 Å². The average molecular weight is 217 g/mol. The first-order chi connectivity index (χ1) is 7.76. The van der Waals surface area contributed by atoms with Crippen LogP contribution in [0.5, 0.6) is 5.75 Å². The van der Waals surface area contributed by atoms with Gasteiger partial charge in [0.2, 0.25) is 0 Å². The van der Waals surface area contributed by atoms with Crippen molar-refractivity contribution < 1.29 is 4.74 Å². The van der Waals surface area contributed by atoms with Gasteiger partial charge in [-0.05, 0) is 31.2 Å². The van der Waals surface area contributed by atoms with E-state index in [9.17, 15) is 0 Å². The third-order valence-electron chi connectivity index (χ3n) is 2.53. The SMILES string of the molecule is CCn1ncc(N)c1-c1ccc(OC)cc1. The summed E-state index contributed by atoms with van der Waals surface area (Å²) in [6.45, 7) is 2.85. The summed E-state index contributed by atoms with van der Waals surface area (Å²) in [5.74, 6) is 0.838. The van der Waals surface area contributed by atoms with E-state index < -0.39 is 0 Å². The highest BCUT2D eigenvalue weighted by molar-refractivity contribution is 5.72. The molecule has 0 saturated carbocycles. The van der Waals surface area contributed by atoms with Crippen molar-refractivity contribution in [3.63, 3.8) is 0 Å². The Hall–Kier alpha value is -1.97. The molecule has 0 radical (unpaired) electrons. The predicted molar refractivity (Wildman–Crippen MR) is 64.3 cm³/mol. The summed E-state index contributed by atoms with van der Waals surface area (Å²) < 4.78 is 7.01. The fraction of sp³-hybridized carbons (Fsp3) is 0.250. The van der Waals surface area contributed by atoms with Crippen molar-refractivity contribution in [1.82, 2.24) is 9.78 Å². The first kappa shape index (κ1) is 10.5. The molecule has 0 bridgehead atoms. The minimum absolute atomic E-state index is 0.701. The average Bonchev–Trinajstić information content (AvgIpc) is 2.70. The minimum atomic E-state index is 0.701. The Morgan fingerprint density at radius 1 is 1.31 bits per heavy atom. The molecule has 16 heavy (non-hydrogen) atoms. The topological polar surface area (TPSA) is 53.1 Å². The maximum Gasteiger partial charge on any atom is 0.118 e. The van der Waals surface area contributed by atoms with Crippen LogP contribution in [0.1, 0.15) is 6.92 Å². The molecule has 0 saturated heterocycles. The number of nitrogen functional groups attached to an aromatic ring is 1. The summed E-state index contributed by atoms with van der Waals surface area (Å²) >= 11 is 0. The molecule has 0 unspecified atom stereocenters. The molecular formula is C12H15N3O. The Balaban J connectivity index is 2.45. The molecule has 0 fully saturated rings. The molecule has 1 aromatic heterocycles. The van der Waals surface area contributed by atoms with Crippen LogP contribution in [0, 0.1) is 0 Å². The maximum absolute atomic E-state index is 5.90. The lowest BCUT2D eigenvalue weighted by Crippen LogP contribution is -2.00. The number of anilines is 1. The number of aromatic nitrogens is 2. The zero-order chi connectivity index (χ0) is 11.5. The van der Waals surface area contributed by atoms with Crippen molar-refractivity contribution in [3.05, 3.63) is 30.5 Å². The summed E-state index contributed by atoms with van der Waals surface area (Å²) in [6.07, 6.45) is 1.68. The molecule has 1 heterocycles. The van der Waals surface area contributed by atoms with Crippen LogP contribution in [0.2, 0.25) is 0 Å². The van der Waals surface area contributed by atoms with E-state index in [2.05, 4.69) is 5.10 Å². The summed E-state index contributed by atoms with van der Waals surface area (Å²) in [6, 6.07) is 7.81. The Kier molecular flexibility index (Phi) is 2.81. The zero-order valence-electron chi connectivity index (χ0n) is 9.47. The van der Waals surface area contributed by atoms with Gasteiger partial charge in [0.05, 0.1) is 24.7 Å². The van der Waals surface area contributed by atoms with E-state index in [0.29, 0.717) is 5.69 Å². The number of nitrogens with two attached hydrogens (primary N) is 1. The number of hydrogen-bond donors (Lipinski definition) is 1. The lowest BCUT2D eigenvalue weighted by atomic mass is 10.1. The molecule has 0 aliphatic carbocycles. The lowest BCUT2D eigenvalue weighted by molar-refractivity contribution is 0.415. The van der Waals surface area contributed by atoms with E-state index in [-0.39, 0.29) is 0 Å². The second-order valence-electron chi connectivity index (χ2n) is 3.49. The number of hydrogen-bond acceptors (Lipinski definition) is 3. The summed E-state index contributed by atoms with van der Waals surface area (Å²) in [7, 11) is 1.65. The van der Waals surface area contributed by atoms with Crippen molar-refractivity contribution in [1.29, 1.82) is 0 Å². The first-order valence-corrected chi connectivity index (χ1v) is 5.22. The van der Waals surface area contributed by atoms with Gasteiger partial charge in [-0.15, -0.1) is 0 Å². The molecule has 2 aromatic rings. The number of nitrogens with zero attached hydrogens (tertiary/aromatic N) is 2. The van der Waals surface area contributed by atoms with Gasteiger partial charge in [0.15, 0.2) is 0 Å². The molecular weight excluding hydrogens is 202 g/mol. The monoisotopic (exact) mass is 217 g/mol. The van der Waals surface area contributed by atoms with Gasteiger partial charge in [0.1, 0.15) is 5.75 Å². The number of aryl methyl sites for hydroxylation is 1. The third-order valence-corrected chi connectivity index (χ3v) is 2.53. The van der Waals surface area contributed by atoms with Crippen LogP contribution in [0.25, 0.3) is 11.3 Å².